The summed E-state index contributed by atoms with van der Waals surface area (Å²) in [5, 5.41) is 5.55. The van der Waals surface area contributed by atoms with Crippen molar-refractivity contribution in [1.82, 2.24) is 0 Å². The van der Waals surface area contributed by atoms with Crippen LogP contribution in [0.3, 0.4) is 0 Å². The number of carbonyl (C=O) groups excluding carboxylic acids is 1. The van der Waals surface area contributed by atoms with E-state index in [4.69, 9.17) is 4.74 Å². The third-order valence-electron chi connectivity index (χ3n) is 5.15. The predicted octanol–water partition coefficient (Wildman–Crippen LogP) is 4.40. The molecule has 0 saturated heterocycles. The predicted molar refractivity (Wildman–Crippen MR) is 121 cm³/mol. The average molecular weight is 438 g/mol. The molecule has 0 spiro atoms. The van der Waals surface area contributed by atoms with Gasteiger partial charge in [0.05, 0.1) is 17.7 Å². The molecule has 0 aliphatic carbocycles. The number of urea groups is 1. The molecule has 31 heavy (non-hydrogen) atoms. The van der Waals surface area contributed by atoms with Gasteiger partial charge in [0.1, 0.15) is 5.75 Å². The number of benzene rings is 3. The first kappa shape index (κ1) is 20.7. The van der Waals surface area contributed by atoms with Crippen molar-refractivity contribution in [3.8, 4) is 5.75 Å². The average Bonchev–Trinajstić information content (AvgIpc) is 3.18. The van der Waals surface area contributed by atoms with Crippen molar-refractivity contribution in [1.29, 1.82) is 0 Å². The van der Waals surface area contributed by atoms with E-state index in [9.17, 15) is 13.2 Å². The molecule has 0 atom stereocenters. The summed E-state index contributed by atoms with van der Waals surface area (Å²) in [6, 6.07) is 18.7. The van der Waals surface area contributed by atoms with E-state index in [1.165, 1.54) is 4.31 Å². The lowest BCUT2D eigenvalue weighted by atomic mass is 10.1. The highest BCUT2D eigenvalue weighted by atomic mass is 32.2. The maximum Gasteiger partial charge on any atom is 0.323 e. The Kier molecular flexibility index (Phi) is 5.56. The number of ether oxygens (including phenoxy) is 1. The molecule has 1 heterocycles. The number of carbonyl (C=O) groups is 1. The molecular weight excluding hydrogens is 414 g/mol. The first-order chi connectivity index (χ1) is 14.9. The topological polar surface area (TPSA) is 87.7 Å². The number of hydrogen-bond donors (Lipinski definition) is 2. The van der Waals surface area contributed by atoms with Crippen molar-refractivity contribution in [2.45, 2.75) is 18.2 Å². The van der Waals surface area contributed by atoms with Gasteiger partial charge in [-0.2, -0.15) is 0 Å². The summed E-state index contributed by atoms with van der Waals surface area (Å²) < 4.78 is 32.6. The van der Waals surface area contributed by atoms with E-state index in [0.717, 1.165) is 11.1 Å². The van der Waals surface area contributed by atoms with E-state index < -0.39 is 10.0 Å². The fraction of sp³-hybridized carbons (Fsp3) is 0.174. The molecule has 0 unspecified atom stereocenters. The number of anilines is 3. The summed E-state index contributed by atoms with van der Waals surface area (Å²) in [7, 11) is -2.05. The zero-order valence-electron chi connectivity index (χ0n) is 17.3. The van der Waals surface area contributed by atoms with Crippen LogP contribution < -0.4 is 19.7 Å². The molecule has 0 fully saturated rings. The van der Waals surface area contributed by atoms with Crippen LogP contribution in [-0.2, 0) is 16.4 Å². The van der Waals surface area contributed by atoms with Crippen molar-refractivity contribution in [2.24, 2.45) is 0 Å². The minimum absolute atomic E-state index is 0.270. The minimum atomic E-state index is -3.63. The van der Waals surface area contributed by atoms with Crippen LogP contribution in [0.15, 0.2) is 71.6 Å². The number of aryl methyl sites for hydroxylation is 1. The van der Waals surface area contributed by atoms with Gasteiger partial charge in [0.15, 0.2) is 0 Å². The van der Waals surface area contributed by atoms with Crippen LogP contribution in [0.5, 0.6) is 5.75 Å². The fourth-order valence-electron chi connectivity index (χ4n) is 3.50. The number of hydrogen-bond acceptors (Lipinski definition) is 4. The first-order valence-electron chi connectivity index (χ1n) is 9.81. The second-order valence-electron chi connectivity index (χ2n) is 7.29. The molecule has 0 bridgehead atoms. The molecule has 0 aromatic heterocycles. The van der Waals surface area contributed by atoms with Crippen LogP contribution >= 0.6 is 0 Å². The number of fused-ring (bicyclic) bond motifs is 1. The lowest BCUT2D eigenvalue weighted by molar-refractivity contribution is 0.262. The molecule has 4 rings (SSSR count). The second-order valence-corrected chi connectivity index (χ2v) is 9.15. The Morgan fingerprint density at radius 1 is 0.935 bits per heavy atom. The Bertz CT molecular complexity index is 1210. The second kappa shape index (κ2) is 8.31. The molecule has 160 valence electrons. The Morgan fingerprint density at radius 2 is 1.58 bits per heavy atom. The van der Waals surface area contributed by atoms with Gasteiger partial charge in [-0.1, -0.05) is 17.7 Å². The maximum absolute atomic E-state index is 13.1. The van der Waals surface area contributed by atoms with Crippen LogP contribution in [0.1, 0.15) is 11.1 Å². The highest BCUT2D eigenvalue weighted by molar-refractivity contribution is 7.92. The van der Waals surface area contributed by atoms with Gasteiger partial charge in [-0.25, -0.2) is 13.2 Å². The molecule has 3 aromatic rings. The van der Waals surface area contributed by atoms with Gasteiger partial charge in [0.2, 0.25) is 0 Å². The van der Waals surface area contributed by atoms with E-state index in [1.807, 2.05) is 13.0 Å². The molecule has 2 amide bonds. The third-order valence-corrected chi connectivity index (χ3v) is 6.97. The Hall–Kier alpha value is -3.52. The summed E-state index contributed by atoms with van der Waals surface area (Å²) in [5.74, 6) is 0.703. The first-order valence-corrected chi connectivity index (χ1v) is 11.3. The molecule has 0 radical (unpaired) electrons. The number of rotatable bonds is 5. The standard InChI is InChI=1S/C23H23N3O4S/c1-16-3-10-21(11-4-16)31(28,29)26-14-13-17-15-19(7-12-22(17)26)25-23(27)24-18-5-8-20(30-2)9-6-18/h3-12,15H,13-14H2,1-2H3,(H2,24,25,27). The van der Waals surface area contributed by atoms with Gasteiger partial charge < -0.3 is 15.4 Å². The number of nitrogens with one attached hydrogen (secondary N) is 2. The lowest BCUT2D eigenvalue weighted by Gasteiger charge is -2.20. The lowest BCUT2D eigenvalue weighted by Crippen LogP contribution is -2.29. The summed E-state index contributed by atoms with van der Waals surface area (Å²) >= 11 is 0. The van der Waals surface area contributed by atoms with Crippen molar-refractivity contribution >= 4 is 33.1 Å². The summed E-state index contributed by atoms with van der Waals surface area (Å²) in [4.78, 5) is 12.6. The van der Waals surface area contributed by atoms with Gasteiger partial charge in [0.25, 0.3) is 10.0 Å². The van der Waals surface area contributed by atoms with E-state index in [-0.39, 0.29) is 10.9 Å². The monoisotopic (exact) mass is 437 g/mol. The third kappa shape index (κ3) is 4.34. The fourth-order valence-corrected chi connectivity index (χ4v) is 5.01. The molecular formula is C23H23N3O4S. The van der Waals surface area contributed by atoms with Crippen LogP contribution in [0.25, 0.3) is 0 Å². The van der Waals surface area contributed by atoms with Gasteiger partial charge >= 0.3 is 6.03 Å². The molecule has 7 nitrogen and oxygen atoms in total. The van der Waals surface area contributed by atoms with Crippen molar-refractivity contribution in [2.75, 3.05) is 28.6 Å². The van der Waals surface area contributed by atoms with E-state index in [1.54, 1.807) is 67.8 Å². The number of amides is 2. The number of nitrogens with zero attached hydrogens (tertiary/aromatic N) is 1. The Balaban J connectivity index is 1.48. The number of sulfonamides is 1. The van der Waals surface area contributed by atoms with Gasteiger partial charge in [0, 0.05) is 17.9 Å². The van der Waals surface area contributed by atoms with Gasteiger partial charge in [-0.3, -0.25) is 4.31 Å². The van der Waals surface area contributed by atoms with E-state index in [2.05, 4.69) is 10.6 Å². The number of methoxy groups -OCH3 is 1. The molecule has 1 aliphatic rings. The highest BCUT2D eigenvalue weighted by Gasteiger charge is 2.31. The highest BCUT2D eigenvalue weighted by Crippen LogP contribution is 2.34. The van der Waals surface area contributed by atoms with Crippen molar-refractivity contribution in [3.63, 3.8) is 0 Å². The van der Waals surface area contributed by atoms with Crippen LogP contribution in [0.2, 0.25) is 0 Å². The minimum Gasteiger partial charge on any atom is -0.497 e. The van der Waals surface area contributed by atoms with Crippen LogP contribution in [-0.4, -0.2) is 28.1 Å². The van der Waals surface area contributed by atoms with Crippen molar-refractivity contribution in [3.05, 3.63) is 77.9 Å². The molecule has 2 N–H and O–H groups in total. The Morgan fingerprint density at radius 3 is 2.26 bits per heavy atom. The molecule has 3 aromatic carbocycles. The van der Waals surface area contributed by atoms with Gasteiger partial charge in [-0.15, -0.1) is 0 Å². The van der Waals surface area contributed by atoms with Crippen LogP contribution in [0.4, 0.5) is 21.9 Å². The zero-order chi connectivity index (χ0) is 22.0. The van der Waals surface area contributed by atoms with Crippen LogP contribution in [0, 0.1) is 6.92 Å². The molecule has 0 saturated carbocycles. The Labute approximate surface area is 181 Å². The molecule has 8 heteroatoms. The summed E-state index contributed by atoms with van der Waals surface area (Å²) in [6.07, 6.45) is 0.579. The zero-order valence-corrected chi connectivity index (χ0v) is 18.1. The largest absolute Gasteiger partial charge is 0.497 e. The van der Waals surface area contributed by atoms with E-state index in [0.29, 0.717) is 35.8 Å². The maximum atomic E-state index is 13.1. The summed E-state index contributed by atoms with van der Waals surface area (Å²) in [5.41, 5.74) is 3.75. The smallest absolute Gasteiger partial charge is 0.323 e. The normalized spacial score (nSPS) is 12.9. The van der Waals surface area contributed by atoms with E-state index >= 15 is 0 Å². The van der Waals surface area contributed by atoms with Crippen molar-refractivity contribution < 1.29 is 17.9 Å². The molecule has 1 aliphatic heterocycles. The summed E-state index contributed by atoms with van der Waals surface area (Å²) in [6.45, 7) is 2.29. The van der Waals surface area contributed by atoms with Gasteiger partial charge in [-0.05, 0) is 73.5 Å². The quantitative estimate of drug-likeness (QED) is 0.619. The SMILES string of the molecule is COc1ccc(NC(=O)Nc2ccc3c(c2)CCN3S(=O)(=O)c2ccc(C)cc2)cc1.